The van der Waals surface area contributed by atoms with E-state index in [1.807, 2.05) is 24.3 Å². The maximum Gasteiger partial charge on any atom is 0.280 e. The van der Waals surface area contributed by atoms with Crippen LogP contribution >= 0.6 is 0 Å². The molecule has 7 heteroatoms. The van der Waals surface area contributed by atoms with Crippen LogP contribution in [-0.4, -0.2) is 37.8 Å². The zero-order chi connectivity index (χ0) is 15.6. The number of rotatable bonds is 3. The predicted molar refractivity (Wildman–Crippen MR) is 83.3 cm³/mol. The topological polar surface area (TPSA) is 78.5 Å². The minimum atomic E-state index is -3.65. The smallest absolute Gasteiger partial charge is 0.280 e. The molecule has 2 N–H and O–H groups in total. The lowest BCUT2D eigenvalue weighted by atomic mass is 10.0. The number of carbonyl (C=O) groups is 1. The fourth-order valence-corrected chi connectivity index (χ4v) is 4.36. The first kappa shape index (κ1) is 15.5. The normalized spacial score (nSPS) is 23.5. The second-order valence-corrected chi connectivity index (χ2v) is 7.52. The number of hydrogen-bond acceptors (Lipinski definition) is 3. The summed E-state index contributed by atoms with van der Waals surface area (Å²) in [5, 5.41) is 2.75. The molecule has 0 radical (unpaired) electrons. The highest BCUT2D eigenvalue weighted by Gasteiger charge is 2.31. The van der Waals surface area contributed by atoms with E-state index in [9.17, 15) is 13.2 Å². The van der Waals surface area contributed by atoms with Crippen LogP contribution in [-0.2, 0) is 28.0 Å². The number of amides is 1. The maximum absolute atomic E-state index is 12.6. The SMILES string of the molecule is O=C1NCCCC[C@H]1NS(=O)(=O)N1CCc2ccccc2C1. The largest absolute Gasteiger partial charge is 0.355 e. The van der Waals surface area contributed by atoms with E-state index in [0.717, 1.165) is 18.4 Å². The van der Waals surface area contributed by atoms with Gasteiger partial charge in [-0.05, 0) is 36.8 Å². The second-order valence-electron chi connectivity index (χ2n) is 5.81. The van der Waals surface area contributed by atoms with Crippen LogP contribution in [0.5, 0.6) is 0 Å². The van der Waals surface area contributed by atoms with E-state index in [2.05, 4.69) is 10.0 Å². The van der Waals surface area contributed by atoms with Gasteiger partial charge in [-0.1, -0.05) is 24.3 Å². The van der Waals surface area contributed by atoms with Gasteiger partial charge in [0.2, 0.25) is 5.91 Å². The molecule has 2 heterocycles. The number of nitrogens with zero attached hydrogens (tertiary/aromatic N) is 1. The van der Waals surface area contributed by atoms with Crippen molar-refractivity contribution in [1.29, 1.82) is 0 Å². The van der Waals surface area contributed by atoms with Crippen LogP contribution in [0.15, 0.2) is 24.3 Å². The molecule has 1 fully saturated rings. The summed E-state index contributed by atoms with van der Waals surface area (Å²) >= 11 is 0. The van der Waals surface area contributed by atoms with E-state index in [4.69, 9.17) is 0 Å². The number of hydrogen-bond donors (Lipinski definition) is 2. The second kappa shape index (κ2) is 6.36. The van der Waals surface area contributed by atoms with Crippen molar-refractivity contribution in [3.8, 4) is 0 Å². The van der Waals surface area contributed by atoms with Crippen LogP contribution in [0.1, 0.15) is 30.4 Å². The average Bonchev–Trinajstić information content (AvgIpc) is 2.71. The van der Waals surface area contributed by atoms with Gasteiger partial charge in [0, 0.05) is 19.6 Å². The lowest BCUT2D eigenvalue weighted by Crippen LogP contribution is -2.51. The Morgan fingerprint density at radius 2 is 1.95 bits per heavy atom. The number of carbonyl (C=O) groups excluding carboxylic acids is 1. The molecule has 0 aliphatic carbocycles. The Labute approximate surface area is 131 Å². The highest BCUT2D eigenvalue weighted by Crippen LogP contribution is 2.20. The van der Waals surface area contributed by atoms with Gasteiger partial charge in [-0.2, -0.15) is 17.4 Å². The van der Waals surface area contributed by atoms with Crippen molar-refractivity contribution < 1.29 is 13.2 Å². The van der Waals surface area contributed by atoms with Gasteiger partial charge in [0.1, 0.15) is 6.04 Å². The van der Waals surface area contributed by atoms with E-state index in [-0.39, 0.29) is 5.91 Å². The van der Waals surface area contributed by atoms with Crippen LogP contribution in [0, 0.1) is 0 Å². The fourth-order valence-electron chi connectivity index (χ4n) is 2.98. The molecule has 0 saturated carbocycles. The summed E-state index contributed by atoms with van der Waals surface area (Å²) in [6.45, 7) is 1.43. The highest BCUT2D eigenvalue weighted by atomic mass is 32.2. The summed E-state index contributed by atoms with van der Waals surface area (Å²) in [5.41, 5.74) is 2.23. The molecule has 0 bridgehead atoms. The first-order valence-corrected chi connectivity index (χ1v) is 9.12. The number of benzene rings is 1. The van der Waals surface area contributed by atoms with Crippen LogP contribution in [0.25, 0.3) is 0 Å². The van der Waals surface area contributed by atoms with Crippen molar-refractivity contribution in [3.63, 3.8) is 0 Å². The van der Waals surface area contributed by atoms with Gasteiger partial charge in [-0.25, -0.2) is 0 Å². The van der Waals surface area contributed by atoms with Crippen LogP contribution < -0.4 is 10.0 Å². The minimum absolute atomic E-state index is 0.224. The molecule has 0 spiro atoms. The third kappa shape index (κ3) is 3.31. The zero-order valence-electron chi connectivity index (χ0n) is 12.4. The van der Waals surface area contributed by atoms with E-state index in [1.54, 1.807) is 0 Å². The molecule has 6 nitrogen and oxygen atoms in total. The molecule has 2 aliphatic rings. The first-order chi connectivity index (χ1) is 10.6. The fraction of sp³-hybridized carbons (Fsp3) is 0.533. The number of fused-ring (bicyclic) bond motifs is 1. The Kier molecular flexibility index (Phi) is 4.46. The molecule has 1 aromatic rings. The summed E-state index contributed by atoms with van der Waals surface area (Å²) < 4.78 is 29.1. The number of nitrogens with one attached hydrogen (secondary N) is 2. The quantitative estimate of drug-likeness (QED) is 0.852. The molecule has 0 unspecified atom stereocenters. The van der Waals surface area contributed by atoms with Crippen molar-refractivity contribution in [3.05, 3.63) is 35.4 Å². The van der Waals surface area contributed by atoms with Gasteiger partial charge in [-0.15, -0.1) is 0 Å². The molecule has 120 valence electrons. The Balaban J connectivity index is 1.72. The molecule has 22 heavy (non-hydrogen) atoms. The summed E-state index contributed by atoms with van der Waals surface area (Å²) in [4.78, 5) is 11.9. The summed E-state index contributed by atoms with van der Waals surface area (Å²) in [6.07, 6.45) is 2.99. The van der Waals surface area contributed by atoms with Gasteiger partial charge in [0.25, 0.3) is 10.2 Å². The maximum atomic E-state index is 12.6. The third-order valence-corrected chi connectivity index (χ3v) is 5.84. The van der Waals surface area contributed by atoms with Crippen LogP contribution in [0.2, 0.25) is 0 Å². The Morgan fingerprint density at radius 1 is 1.18 bits per heavy atom. The van der Waals surface area contributed by atoms with E-state index < -0.39 is 16.3 Å². The van der Waals surface area contributed by atoms with Gasteiger partial charge in [0.05, 0.1) is 0 Å². The molecule has 1 saturated heterocycles. The van der Waals surface area contributed by atoms with Crippen LogP contribution in [0.3, 0.4) is 0 Å². The van der Waals surface area contributed by atoms with Crippen molar-refractivity contribution in [2.24, 2.45) is 0 Å². The van der Waals surface area contributed by atoms with Crippen molar-refractivity contribution >= 4 is 16.1 Å². The Bertz CT molecular complexity index is 660. The summed E-state index contributed by atoms with van der Waals surface area (Å²) in [6, 6.07) is 7.21. The van der Waals surface area contributed by atoms with Crippen molar-refractivity contribution in [1.82, 2.24) is 14.3 Å². The minimum Gasteiger partial charge on any atom is -0.355 e. The standard InChI is InChI=1S/C15H21N3O3S/c19-15-14(7-3-4-9-16-15)17-22(20,21)18-10-8-12-5-1-2-6-13(12)11-18/h1-2,5-6,14,17H,3-4,7-11H2,(H,16,19)/t14-/m1/s1. The van der Waals surface area contributed by atoms with Gasteiger partial charge in [-0.3, -0.25) is 4.79 Å². The monoisotopic (exact) mass is 323 g/mol. The molecule has 0 aromatic heterocycles. The first-order valence-electron chi connectivity index (χ1n) is 7.68. The van der Waals surface area contributed by atoms with Crippen molar-refractivity contribution in [2.45, 2.75) is 38.3 Å². The van der Waals surface area contributed by atoms with E-state index >= 15 is 0 Å². The Hall–Kier alpha value is -1.44. The van der Waals surface area contributed by atoms with E-state index in [0.29, 0.717) is 32.5 Å². The van der Waals surface area contributed by atoms with Crippen molar-refractivity contribution in [2.75, 3.05) is 13.1 Å². The molecule has 3 rings (SSSR count). The molecule has 2 aliphatic heterocycles. The molecular formula is C15H21N3O3S. The third-order valence-electron chi connectivity index (χ3n) is 4.26. The average molecular weight is 323 g/mol. The predicted octanol–water partition coefficient (Wildman–Crippen LogP) is 0.548. The van der Waals surface area contributed by atoms with Crippen LogP contribution in [0.4, 0.5) is 0 Å². The van der Waals surface area contributed by atoms with Gasteiger partial charge < -0.3 is 5.32 Å². The summed E-state index contributed by atoms with van der Waals surface area (Å²) in [5.74, 6) is -0.224. The van der Waals surface area contributed by atoms with Gasteiger partial charge in [0.15, 0.2) is 0 Å². The van der Waals surface area contributed by atoms with Gasteiger partial charge >= 0.3 is 0 Å². The summed E-state index contributed by atoms with van der Waals surface area (Å²) in [7, 11) is -3.65. The molecular weight excluding hydrogens is 302 g/mol. The lowest BCUT2D eigenvalue weighted by Gasteiger charge is -2.29. The highest BCUT2D eigenvalue weighted by molar-refractivity contribution is 7.87. The zero-order valence-corrected chi connectivity index (χ0v) is 13.2. The molecule has 1 aromatic carbocycles. The molecule has 1 atom stereocenters. The Morgan fingerprint density at radius 3 is 2.77 bits per heavy atom. The van der Waals surface area contributed by atoms with E-state index in [1.165, 1.54) is 9.87 Å². The molecule has 1 amide bonds. The lowest BCUT2D eigenvalue weighted by molar-refractivity contribution is -0.122.